The van der Waals surface area contributed by atoms with Crippen molar-refractivity contribution in [1.82, 2.24) is 15.5 Å². The normalized spacial score (nSPS) is 18.7. The van der Waals surface area contributed by atoms with Crippen molar-refractivity contribution in [2.24, 2.45) is 0 Å². The molecule has 1 aromatic heterocycles. The van der Waals surface area contributed by atoms with Gasteiger partial charge in [-0.15, -0.1) is 10.2 Å². The van der Waals surface area contributed by atoms with E-state index in [0.717, 1.165) is 23.5 Å². The average Bonchev–Trinajstić information content (AvgIpc) is 2.31. The standard InChI is InChI=1S/C12H17ClN4O/c1-7-8(2)10(16-15-9(7)13)17-6-5-14-11(18)12(17,3)4/h5-6H2,1-4H3,(H,14,18). The van der Waals surface area contributed by atoms with Crippen LogP contribution in [0.1, 0.15) is 25.0 Å². The number of aromatic nitrogens is 2. The predicted molar refractivity (Wildman–Crippen MR) is 71.0 cm³/mol. The summed E-state index contributed by atoms with van der Waals surface area (Å²) in [7, 11) is 0. The lowest BCUT2D eigenvalue weighted by atomic mass is 9.98. The first-order chi connectivity index (χ1) is 8.35. The van der Waals surface area contributed by atoms with Gasteiger partial charge in [0.2, 0.25) is 5.91 Å². The van der Waals surface area contributed by atoms with Crippen LogP contribution in [0.3, 0.4) is 0 Å². The molecule has 1 aromatic rings. The van der Waals surface area contributed by atoms with Crippen molar-refractivity contribution in [2.75, 3.05) is 18.0 Å². The molecule has 98 valence electrons. The minimum atomic E-state index is -0.627. The Morgan fingerprint density at radius 1 is 1.28 bits per heavy atom. The van der Waals surface area contributed by atoms with Gasteiger partial charge in [-0.2, -0.15) is 0 Å². The topological polar surface area (TPSA) is 58.1 Å². The number of carbonyl (C=O) groups is 1. The summed E-state index contributed by atoms with van der Waals surface area (Å²) in [4.78, 5) is 13.9. The fourth-order valence-corrected chi connectivity index (χ4v) is 2.27. The largest absolute Gasteiger partial charge is 0.352 e. The van der Waals surface area contributed by atoms with Gasteiger partial charge in [-0.1, -0.05) is 11.6 Å². The van der Waals surface area contributed by atoms with Gasteiger partial charge in [0.05, 0.1) is 0 Å². The molecule has 0 atom stereocenters. The Morgan fingerprint density at radius 2 is 1.94 bits per heavy atom. The first kappa shape index (κ1) is 13.1. The molecule has 1 saturated heterocycles. The molecule has 18 heavy (non-hydrogen) atoms. The van der Waals surface area contributed by atoms with E-state index < -0.39 is 5.54 Å². The molecule has 0 unspecified atom stereocenters. The molecule has 0 spiro atoms. The zero-order valence-electron chi connectivity index (χ0n) is 11.0. The van der Waals surface area contributed by atoms with Gasteiger partial charge < -0.3 is 10.2 Å². The lowest BCUT2D eigenvalue weighted by Gasteiger charge is -2.42. The van der Waals surface area contributed by atoms with Crippen LogP contribution in [0.25, 0.3) is 0 Å². The lowest BCUT2D eigenvalue weighted by Crippen LogP contribution is -2.62. The van der Waals surface area contributed by atoms with E-state index in [-0.39, 0.29) is 5.91 Å². The van der Waals surface area contributed by atoms with E-state index in [4.69, 9.17) is 11.6 Å². The Bertz CT molecular complexity index is 501. The van der Waals surface area contributed by atoms with Crippen LogP contribution in [0, 0.1) is 13.8 Å². The molecule has 0 aromatic carbocycles. The maximum Gasteiger partial charge on any atom is 0.245 e. The molecule has 0 bridgehead atoms. The number of nitrogens with zero attached hydrogens (tertiary/aromatic N) is 3. The summed E-state index contributed by atoms with van der Waals surface area (Å²) in [6.07, 6.45) is 0. The third-order valence-corrected chi connectivity index (χ3v) is 3.91. The number of carbonyl (C=O) groups excluding carboxylic acids is 1. The van der Waals surface area contributed by atoms with Crippen molar-refractivity contribution in [2.45, 2.75) is 33.2 Å². The number of rotatable bonds is 1. The number of piperazine rings is 1. The van der Waals surface area contributed by atoms with Crippen molar-refractivity contribution in [3.05, 3.63) is 16.3 Å². The van der Waals surface area contributed by atoms with Gasteiger partial charge in [0.25, 0.3) is 0 Å². The van der Waals surface area contributed by atoms with Gasteiger partial charge in [0.1, 0.15) is 5.54 Å². The summed E-state index contributed by atoms with van der Waals surface area (Å²) < 4.78 is 0. The molecule has 1 amide bonds. The summed E-state index contributed by atoms with van der Waals surface area (Å²) in [6, 6.07) is 0. The van der Waals surface area contributed by atoms with E-state index in [9.17, 15) is 4.79 Å². The van der Waals surface area contributed by atoms with Crippen molar-refractivity contribution >= 4 is 23.3 Å². The molecule has 1 N–H and O–H groups in total. The molecule has 2 rings (SSSR count). The number of anilines is 1. The highest BCUT2D eigenvalue weighted by molar-refractivity contribution is 6.30. The summed E-state index contributed by atoms with van der Waals surface area (Å²) in [5, 5.41) is 11.4. The van der Waals surface area contributed by atoms with Gasteiger partial charge in [0, 0.05) is 13.1 Å². The Balaban J connectivity index is 2.48. The van der Waals surface area contributed by atoms with Crippen molar-refractivity contribution < 1.29 is 4.79 Å². The van der Waals surface area contributed by atoms with E-state index in [2.05, 4.69) is 15.5 Å². The highest BCUT2D eigenvalue weighted by Crippen LogP contribution is 2.29. The summed E-state index contributed by atoms with van der Waals surface area (Å²) in [5.41, 5.74) is 1.25. The Kier molecular flexibility index (Phi) is 3.19. The molecule has 1 fully saturated rings. The van der Waals surface area contributed by atoms with Crippen LogP contribution in [0.2, 0.25) is 5.15 Å². The van der Waals surface area contributed by atoms with E-state index in [0.29, 0.717) is 11.7 Å². The zero-order valence-corrected chi connectivity index (χ0v) is 11.8. The third kappa shape index (κ3) is 1.92. The van der Waals surface area contributed by atoms with Crippen LogP contribution in [-0.2, 0) is 4.79 Å². The Labute approximate surface area is 112 Å². The highest BCUT2D eigenvalue weighted by atomic mass is 35.5. The minimum Gasteiger partial charge on any atom is -0.352 e. The smallest absolute Gasteiger partial charge is 0.245 e. The number of halogens is 1. The second-order valence-corrected chi connectivity index (χ2v) is 5.39. The Morgan fingerprint density at radius 3 is 2.61 bits per heavy atom. The van der Waals surface area contributed by atoms with Gasteiger partial charge in [-0.25, -0.2) is 0 Å². The maximum absolute atomic E-state index is 11.9. The van der Waals surface area contributed by atoms with Crippen LogP contribution in [-0.4, -0.2) is 34.7 Å². The predicted octanol–water partition coefficient (Wildman–Crippen LogP) is 1.46. The van der Waals surface area contributed by atoms with E-state index in [1.54, 1.807) is 0 Å². The second-order valence-electron chi connectivity index (χ2n) is 5.03. The number of amides is 1. The molecule has 0 radical (unpaired) electrons. The van der Waals surface area contributed by atoms with Crippen molar-refractivity contribution in [3.8, 4) is 0 Å². The Hall–Kier alpha value is -1.36. The second kappa shape index (κ2) is 4.39. The van der Waals surface area contributed by atoms with Crippen LogP contribution >= 0.6 is 11.6 Å². The first-order valence-electron chi connectivity index (χ1n) is 5.91. The lowest BCUT2D eigenvalue weighted by molar-refractivity contribution is -0.126. The van der Waals surface area contributed by atoms with Gasteiger partial charge in [0.15, 0.2) is 11.0 Å². The van der Waals surface area contributed by atoms with Crippen LogP contribution < -0.4 is 10.2 Å². The van der Waals surface area contributed by atoms with Crippen molar-refractivity contribution in [1.29, 1.82) is 0 Å². The third-order valence-electron chi connectivity index (χ3n) is 3.55. The monoisotopic (exact) mass is 268 g/mol. The van der Waals surface area contributed by atoms with Gasteiger partial charge in [-0.3, -0.25) is 4.79 Å². The molecule has 6 heteroatoms. The van der Waals surface area contributed by atoms with Gasteiger partial charge in [-0.05, 0) is 38.8 Å². The highest BCUT2D eigenvalue weighted by Gasteiger charge is 2.39. The zero-order chi connectivity index (χ0) is 13.5. The summed E-state index contributed by atoms with van der Waals surface area (Å²) in [6.45, 7) is 8.96. The first-order valence-corrected chi connectivity index (χ1v) is 6.29. The number of hydrogen-bond donors (Lipinski definition) is 1. The van der Waals surface area contributed by atoms with E-state index >= 15 is 0 Å². The molecule has 5 nitrogen and oxygen atoms in total. The van der Waals surface area contributed by atoms with Crippen LogP contribution in [0.15, 0.2) is 0 Å². The van der Waals surface area contributed by atoms with E-state index in [1.807, 2.05) is 32.6 Å². The molecule has 2 heterocycles. The molecule has 1 aliphatic heterocycles. The summed E-state index contributed by atoms with van der Waals surface area (Å²) in [5.74, 6) is 0.735. The quantitative estimate of drug-likeness (QED) is 0.838. The molecule has 0 aliphatic carbocycles. The molecule has 1 aliphatic rings. The molecule has 0 saturated carbocycles. The molecular formula is C12H17ClN4O. The van der Waals surface area contributed by atoms with Gasteiger partial charge >= 0.3 is 0 Å². The fraction of sp³-hybridized carbons (Fsp3) is 0.583. The number of hydrogen-bond acceptors (Lipinski definition) is 4. The maximum atomic E-state index is 11.9. The number of nitrogens with one attached hydrogen (secondary N) is 1. The van der Waals surface area contributed by atoms with Crippen LogP contribution in [0.4, 0.5) is 5.82 Å². The fourth-order valence-electron chi connectivity index (χ4n) is 2.09. The summed E-state index contributed by atoms with van der Waals surface area (Å²) >= 11 is 5.95. The molecular weight excluding hydrogens is 252 g/mol. The van der Waals surface area contributed by atoms with Crippen LogP contribution in [0.5, 0.6) is 0 Å². The SMILES string of the molecule is Cc1c(Cl)nnc(N2CCNC(=O)C2(C)C)c1C. The van der Waals surface area contributed by atoms with E-state index in [1.165, 1.54) is 0 Å². The average molecular weight is 269 g/mol. The van der Waals surface area contributed by atoms with Crippen molar-refractivity contribution in [3.63, 3.8) is 0 Å². The minimum absolute atomic E-state index is 0.00236.